The minimum absolute atomic E-state index is 0.172. The molecule has 0 N–H and O–H groups in total. The van der Waals surface area contributed by atoms with E-state index in [1.807, 2.05) is 12.1 Å². The number of hydrogen-bond donors (Lipinski definition) is 0. The lowest BCUT2D eigenvalue weighted by molar-refractivity contribution is -0.149. The lowest BCUT2D eigenvalue weighted by Crippen LogP contribution is -2.43. The molecule has 0 bridgehead atoms. The van der Waals surface area contributed by atoms with Gasteiger partial charge in [0, 0.05) is 24.3 Å². The van der Waals surface area contributed by atoms with Crippen LogP contribution in [0.3, 0.4) is 0 Å². The van der Waals surface area contributed by atoms with Crippen molar-refractivity contribution in [3.8, 4) is 5.69 Å². The number of aromatic nitrogens is 2. The predicted octanol–water partition coefficient (Wildman–Crippen LogP) is 2.94. The molecule has 1 saturated heterocycles. The minimum atomic E-state index is -0.257. The molecule has 1 fully saturated rings. The molecule has 0 aliphatic carbocycles. The van der Waals surface area contributed by atoms with E-state index in [2.05, 4.69) is 5.10 Å². The van der Waals surface area contributed by atoms with Gasteiger partial charge in [0.15, 0.2) is 5.69 Å². The zero-order chi connectivity index (χ0) is 17.8. The van der Waals surface area contributed by atoms with Crippen LogP contribution in [0.2, 0.25) is 5.02 Å². The van der Waals surface area contributed by atoms with Gasteiger partial charge in [0.25, 0.3) is 5.91 Å². The van der Waals surface area contributed by atoms with Gasteiger partial charge in [0.05, 0.1) is 18.2 Å². The van der Waals surface area contributed by atoms with Gasteiger partial charge in [-0.1, -0.05) is 17.7 Å². The van der Waals surface area contributed by atoms with E-state index in [0.717, 1.165) is 18.5 Å². The van der Waals surface area contributed by atoms with Crippen LogP contribution in [0.5, 0.6) is 0 Å². The quantitative estimate of drug-likeness (QED) is 0.785. The second-order valence-electron chi connectivity index (χ2n) is 5.97. The molecular weight excluding hydrogens is 342 g/mol. The molecule has 1 amide bonds. The van der Waals surface area contributed by atoms with Gasteiger partial charge in [-0.05, 0) is 44.0 Å². The summed E-state index contributed by atoms with van der Waals surface area (Å²) in [5, 5.41) is 4.96. The van der Waals surface area contributed by atoms with Crippen LogP contribution in [-0.4, -0.2) is 46.3 Å². The fraction of sp³-hybridized carbons (Fsp3) is 0.389. The van der Waals surface area contributed by atoms with Crippen molar-refractivity contribution >= 4 is 23.5 Å². The minimum Gasteiger partial charge on any atom is -0.466 e. The first kappa shape index (κ1) is 17.5. The van der Waals surface area contributed by atoms with Crippen molar-refractivity contribution in [2.24, 2.45) is 5.92 Å². The summed E-state index contributed by atoms with van der Waals surface area (Å²) in [4.78, 5) is 26.3. The average Bonchev–Trinajstić information content (AvgIpc) is 3.11. The molecule has 7 heteroatoms. The number of amides is 1. The van der Waals surface area contributed by atoms with Gasteiger partial charge in [0.1, 0.15) is 0 Å². The van der Waals surface area contributed by atoms with E-state index >= 15 is 0 Å². The third-order valence-electron chi connectivity index (χ3n) is 4.21. The maximum absolute atomic E-state index is 12.7. The van der Waals surface area contributed by atoms with Gasteiger partial charge >= 0.3 is 5.97 Å². The molecule has 1 aliphatic heterocycles. The first-order valence-corrected chi connectivity index (χ1v) is 8.74. The van der Waals surface area contributed by atoms with Crippen LogP contribution >= 0.6 is 11.6 Å². The maximum Gasteiger partial charge on any atom is 0.310 e. The number of halogens is 1. The maximum atomic E-state index is 12.7. The molecule has 132 valence electrons. The SMILES string of the molecule is CCOC(=O)C1CCCN(C(=O)c2ccn(-c3cccc(Cl)c3)n2)C1. The molecule has 2 heterocycles. The summed E-state index contributed by atoms with van der Waals surface area (Å²) in [5.41, 5.74) is 1.14. The highest BCUT2D eigenvalue weighted by atomic mass is 35.5. The van der Waals surface area contributed by atoms with E-state index in [1.54, 1.807) is 40.9 Å². The van der Waals surface area contributed by atoms with Crippen LogP contribution in [0.15, 0.2) is 36.5 Å². The van der Waals surface area contributed by atoms with Crippen LogP contribution in [0.4, 0.5) is 0 Å². The van der Waals surface area contributed by atoms with Crippen LogP contribution in [0.1, 0.15) is 30.3 Å². The zero-order valence-electron chi connectivity index (χ0n) is 14.0. The highest BCUT2D eigenvalue weighted by Crippen LogP contribution is 2.20. The Kier molecular flexibility index (Phi) is 5.38. The monoisotopic (exact) mass is 361 g/mol. The molecule has 0 radical (unpaired) electrons. The molecule has 0 saturated carbocycles. The number of benzene rings is 1. The lowest BCUT2D eigenvalue weighted by atomic mass is 9.98. The average molecular weight is 362 g/mol. The van der Waals surface area contributed by atoms with Gasteiger partial charge < -0.3 is 9.64 Å². The van der Waals surface area contributed by atoms with Crippen molar-refractivity contribution in [1.82, 2.24) is 14.7 Å². The van der Waals surface area contributed by atoms with Gasteiger partial charge in [-0.3, -0.25) is 9.59 Å². The van der Waals surface area contributed by atoms with E-state index < -0.39 is 0 Å². The van der Waals surface area contributed by atoms with E-state index in [9.17, 15) is 9.59 Å². The second kappa shape index (κ2) is 7.70. The Bertz CT molecular complexity index is 774. The third-order valence-corrected chi connectivity index (χ3v) is 4.44. The first-order valence-electron chi connectivity index (χ1n) is 8.36. The molecule has 1 unspecified atom stereocenters. The van der Waals surface area contributed by atoms with E-state index in [0.29, 0.717) is 30.4 Å². The van der Waals surface area contributed by atoms with Gasteiger partial charge in [0.2, 0.25) is 0 Å². The van der Waals surface area contributed by atoms with Crippen molar-refractivity contribution in [3.05, 3.63) is 47.2 Å². The van der Waals surface area contributed by atoms with E-state index in [1.165, 1.54) is 0 Å². The Balaban J connectivity index is 1.72. The number of nitrogens with zero attached hydrogens (tertiary/aromatic N) is 3. The van der Waals surface area contributed by atoms with Crippen molar-refractivity contribution in [2.75, 3.05) is 19.7 Å². The largest absolute Gasteiger partial charge is 0.466 e. The Morgan fingerprint density at radius 3 is 2.96 bits per heavy atom. The van der Waals surface area contributed by atoms with Crippen molar-refractivity contribution in [3.63, 3.8) is 0 Å². The lowest BCUT2D eigenvalue weighted by Gasteiger charge is -2.31. The summed E-state index contributed by atoms with van der Waals surface area (Å²) in [5.74, 6) is -0.660. The molecule has 6 nitrogen and oxygen atoms in total. The van der Waals surface area contributed by atoms with Crippen LogP contribution < -0.4 is 0 Å². The summed E-state index contributed by atoms with van der Waals surface area (Å²) in [6.45, 7) is 3.14. The molecule has 1 atom stereocenters. The molecule has 1 aliphatic rings. The molecule has 0 spiro atoms. The number of hydrogen-bond acceptors (Lipinski definition) is 4. The van der Waals surface area contributed by atoms with Crippen molar-refractivity contribution in [1.29, 1.82) is 0 Å². The summed E-state index contributed by atoms with van der Waals surface area (Å²) in [7, 11) is 0. The Morgan fingerprint density at radius 1 is 1.36 bits per heavy atom. The number of ether oxygens (including phenoxy) is 1. The van der Waals surface area contributed by atoms with E-state index in [4.69, 9.17) is 16.3 Å². The fourth-order valence-electron chi connectivity index (χ4n) is 2.98. The summed E-state index contributed by atoms with van der Waals surface area (Å²) in [6, 6.07) is 8.93. The third kappa shape index (κ3) is 4.02. The zero-order valence-corrected chi connectivity index (χ0v) is 14.8. The Morgan fingerprint density at radius 2 is 2.20 bits per heavy atom. The fourth-order valence-corrected chi connectivity index (χ4v) is 3.16. The molecule has 25 heavy (non-hydrogen) atoms. The van der Waals surface area contributed by atoms with Crippen molar-refractivity contribution < 1.29 is 14.3 Å². The molecule has 3 rings (SSSR count). The summed E-state index contributed by atoms with van der Waals surface area (Å²) in [6.07, 6.45) is 3.26. The van der Waals surface area contributed by atoms with Crippen LogP contribution in [0, 0.1) is 5.92 Å². The molecule has 1 aromatic heterocycles. The second-order valence-corrected chi connectivity index (χ2v) is 6.40. The standard InChI is InChI=1S/C18H20ClN3O3/c1-2-25-18(24)13-5-4-9-21(12-13)17(23)16-8-10-22(20-16)15-7-3-6-14(19)11-15/h3,6-8,10-11,13H,2,4-5,9,12H2,1H3. The summed E-state index contributed by atoms with van der Waals surface area (Å²) >= 11 is 6.00. The smallest absolute Gasteiger partial charge is 0.310 e. The molecule has 2 aromatic rings. The molecule has 1 aromatic carbocycles. The number of likely N-dealkylation sites (tertiary alicyclic amines) is 1. The number of piperidine rings is 1. The molecular formula is C18H20ClN3O3. The number of esters is 1. The van der Waals surface area contributed by atoms with E-state index in [-0.39, 0.29) is 17.8 Å². The van der Waals surface area contributed by atoms with Crippen LogP contribution in [0.25, 0.3) is 5.69 Å². The number of carbonyl (C=O) groups excluding carboxylic acids is 2. The number of rotatable bonds is 4. The van der Waals surface area contributed by atoms with Gasteiger partial charge in [-0.15, -0.1) is 0 Å². The van der Waals surface area contributed by atoms with Crippen LogP contribution in [-0.2, 0) is 9.53 Å². The predicted molar refractivity (Wildman–Crippen MR) is 93.8 cm³/mol. The Labute approximate surface area is 151 Å². The highest BCUT2D eigenvalue weighted by molar-refractivity contribution is 6.30. The van der Waals surface area contributed by atoms with Gasteiger partial charge in [-0.2, -0.15) is 5.10 Å². The highest BCUT2D eigenvalue weighted by Gasteiger charge is 2.30. The first-order chi connectivity index (χ1) is 12.1. The topological polar surface area (TPSA) is 64.4 Å². The summed E-state index contributed by atoms with van der Waals surface area (Å²) < 4.78 is 6.70. The Hall–Kier alpha value is -2.34. The number of carbonyl (C=O) groups is 2. The van der Waals surface area contributed by atoms with Crippen molar-refractivity contribution in [2.45, 2.75) is 19.8 Å². The normalized spacial score (nSPS) is 17.4. The van der Waals surface area contributed by atoms with Gasteiger partial charge in [-0.25, -0.2) is 4.68 Å².